The van der Waals surface area contributed by atoms with Gasteiger partial charge in [-0.05, 0) is 85.5 Å². The van der Waals surface area contributed by atoms with Crippen molar-refractivity contribution in [2.45, 2.75) is 35.5 Å². The topological polar surface area (TPSA) is 82.1 Å². The second-order valence-electron chi connectivity index (χ2n) is 9.94. The quantitative estimate of drug-likeness (QED) is 0.164. The Kier molecular flexibility index (Phi) is 11.4. The standard InChI is InChI=1S/C33H32BrN3O4S.ClH/c1-41-31-20-23(28(34)22-27(31)33(39)40)21-32(38)35-37(30-13-7-6-12-29(30)36-18-8-3-9-19-36)24-14-16-26(17-15-24)42-25-10-4-2-5-11-25;/h2,4-7,10-17,20,22H,3,8-9,18-19,21H2,1H3,(H,35,38)(H,39,40);1H. The summed E-state index contributed by atoms with van der Waals surface area (Å²) >= 11 is 5.12. The van der Waals surface area contributed by atoms with Crippen LogP contribution in [0, 0.1) is 0 Å². The number of nitrogens with one attached hydrogen (secondary N) is 1. The first kappa shape index (κ1) is 32.3. The number of carbonyl (C=O) groups excluding carboxylic acids is 1. The van der Waals surface area contributed by atoms with Gasteiger partial charge in [0.05, 0.1) is 30.6 Å². The zero-order chi connectivity index (χ0) is 29.5. The van der Waals surface area contributed by atoms with Gasteiger partial charge in [0.15, 0.2) is 0 Å². The number of benzene rings is 4. The van der Waals surface area contributed by atoms with Gasteiger partial charge in [-0.3, -0.25) is 15.2 Å². The molecule has 0 aromatic heterocycles. The number of aromatic carboxylic acids is 1. The highest BCUT2D eigenvalue weighted by Gasteiger charge is 2.22. The Morgan fingerprint density at radius 3 is 2.26 bits per heavy atom. The summed E-state index contributed by atoms with van der Waals surface area (Å²) in [7, 11) is 1.42. The van der Waals surface area contributed by atoms with Crippen LogP contribution in [0.4, 0.5) is 17.1 Å². The average molecular weight is 683 g/mol. The summed E-state index contributed by atoms with van der Waals surface area (Å²) in [5.41, 5.74) is 6.55. The molecule has 5 rings (SSSR count). The smallest absolute Gasteiger partial charge is 0.339 e. The molecule has 1 amide bonds. The van der Waals surface area contributed by atoms with Gasteiger partial charge < -0.3 is 14.7 Å². The maximum atomic E-state index is 13.6. The number of carbonyl (C=O) groups is 2. The lowest BCUT2D eigenvalue weighted by atomic mass is 10.1. The predicted molar refractivity (Wildman–Crippen MR) is 178 cm³/mol. The Balaban J connectivity index is 0.00000423. The van der Waals surface area contributed by atoms with E-state index in [2.05, 4.69) is 56.6 Å². The highest BCUT2D eigenvalue weighted by molar-refractivity contribution is 9.10. The number of halogens is 2. The van der Waals surface area contributed by atoms with Gasteiger partial charge in [-0.15, -0.1) is 12.4 Å². The molecule has 1 saturated heterocycles. The van der Waals surface area contributed by atoms with Crippen LogP contribution in [0.1, 0.15) is 35.2 Å². The number of nitrogens with zero attached hydrogens (tertiary/aromatic N) is 2. The molecule has 1 aliphatic rings. The fourth-order valence-corrected chi connectivity index (χ4v) is 6.33. The van der Waals surface area contributed by atoms with Crippen LogP contribution < -0.4 is 20.1 Å². The molecule has 7 nitrogen and oxygen atoms in total. The summed E-state index contributed by atoms with van der Waals surface area (Å²) in [5.74, 6) is -1.15. The highest BCUT2D eigenvalue weighted by atomic mass is 79.9. The largest absolute Gasteiger partial charge is 0.496 e. The molecule has 0 unspecified atom stereocenters. The van der Waals surface area contributed by atoms with Crippen LogP contribution in [-0.4, -0.2) is 37.2 Å². The van der Waals surface area contributed by atoms with Crippen molar-refractivity contribution in [2.24, 2.45) is 0 Å². The molecule has 0 atom stereocenters. The van der Waals surface area contributed by atoms with Crippen molar-refractivity contribution in [3.8, 4) is 5.75 Å². The van der Waals surface area contributed by atoms with Crippen LogP contribution in [-0.2, 0) is 11.2 Å². The van der Waals surface area contributed by atoms with E-state index in [-0.39, 0.29) is 36.0 Å². The van der Waals surface area contributed by atoms with Crippen LogP contribution in [0.2, 0.25) is 0 Å². The third-order valence-corrected chi connectivity index (χ3v) is 8.83. The van der Waals surface area contributed by atoms with Crippen molar-refractivity contribution >= 4 is 69.0 Å². The van der Waals surface area contributed by atoms with Gasteiger partial charge in [-0.2, -0.15) is 0 Å². The van der Waals surface area contributed by atoms with Gasteiger partial charge in [0.2, 0.25) is 5.91 Å². The molecule has 1 fully saturated rings. The number of hydrazine groups is 1. The minimum absolute atomic E-state index is 0. The van der Waals surface area contributed by atoms with Gasteiger partial charge in [0.1, 0.15) is 11.3 Å². The fourth-order valence-electron chi connectivity index (χ4n) is 5.01. The SMILES string of the molecule is COc1cc(CC(=O)NN(c2ccc(Sc3ccccc3)cc2)c2ccccc2N2CCCCC2)c(Br)cc1C(=O)O.Cl. The Hall–Kier alpha value is -3.66. The zero-order valence-corrected chi connectivity index (χ0v) is 26.9. The van der Waals surface area contributed by atoms with Gasteiger partial charge in [-0.25, -0.2) is 4.79 Å². The molecular weight excluding hydrogens is 650 g/mol. The van der Waals surface area contributed by atoms with Gasteiger partial charge >= 0.3 is 5.97 Å². The van der Waals surface area contributed by atoms with Gasteiger partial charge in [0.25, 0.3) is 0 Å². The van der Waals surface area contributed by atoms with E-state index in [1.165, 1.54) is 19.6 Å². The maximum Gasteiger partial charge on any atom is 0.339 e. The van der Waals surface area contributed by atoms with Crippen LogP contribution in [0.15, 0.2) is 105 Å². The number of methoxy groups -OCH3 is 1. The summed E-state index contributed by atoms with van der Waals surface area (Å²) in [6.45, 7) is 1.93. The molecule has 0 radical (unpaired) electrons. The minimum Gasteiger partial charge on any atom is -0.496 e. The fraction of sp³-hybridized carbons (Fsp3) is 0.212. The molecule has 10 heteroatoms. The first-order valence-corrected chi connectivity index (χ1v) is 15.4. The molecule has 0 spiro atoms. The Morgan fingerprint density at radius 1 is 0.930 bits per heavy atom. The number of hydrogen-bond acceptors (Lipinski definition) is 6. The van der Waals surface area contributed by atoms with Crippen LogP contribution >= 0.6 is 40.1 Å². The molecular formula is C33H33BrClN3O4S. The van der Waals surface area contributed by atoms with Crippen molar-refractivity contribution in [2.75, 3.05) is 30.1 Å². The summed E-state index contributed by atoms with van der Waals surface area (Å²) in [6.07, 6.45) is 3.50. The van der Waals surface area contributed by atoms with Crippen LogP contribution in [0.5, 0.6) is 5.75 Å². The van der Waals surface area contributed by atoms with E-state index in [1.807, 2.05) is 53.5 Å². The molecule has 43 heavy (non-hydrogen) atoms. The van der Waals surface area contributed by atoms with Crippen molar-refractivity contribution in [1.29, 1.82) is 0 Å². The third kappa shape index (κ3) is 8.04. The molecule has 0 saturated carbocycles. The van der Waals surface area contributed by atoms with Crippen molar-refractivity contribution in [3.05, 3.63) is 107 Å². The molecule has 4 aromatic rings. The first-order valence-electron chi connectivity index (χ1n) is 13.8. The number of ether oxygens (including phenoxy) is 1. The number of hydrogen-bond donors (Lipinski definition) is 2. The van der Waals surface area contributed by atoms with E-state index < -0.39 is 5.97 Å². The first-order chi connectivity index (χ1) is 20.4. The number of carboxylic acid groups (broad SMARTS) is 1. The van der Waals surface area contributed by atoms with E-state index in [0.717, 1.165) is 52.8 Å². The van der Waals surface area contributed by atoms with E-state index in [1.54, 1.807) is 17.8 Å². The van der Waals surface area contributed by atoms with E-state index in [9.17, 15) is 14.7 Å². The Morgan fingerprint density at radius 2 is 1.58 bits per heavy atom. The molecule has 2 N–H and O–H groups in total. The number of para-hydroxylation sites is 2. The van der Waals surface area contributed by atoms with Crippen molar-refractivity contribution in [1.82, 2.24) is 5.43 Å². The Bertz CT molecular complexity index is 1550. The van der Waals surface area contributed by atoms with Crippen molar-refractivity contribution < 1.29 is 19.4 Å². The van der Waals surface area contributed by atoms with Crippen LogP contribution in [0.3, 0.4) is 0 Å². The van der Waals surface area contributed by atoms with Gasteiger partial charge in [-0.1, -0.05) is 58.0 Å². The number of anilines is 3. The summed E-state index contributed by atoms with van der Waals surface area (Å²) in [6, 6.07) is 29.5. The number of carboxylic acids is 1. The lowest BCUT2D eigenvalue weighted by Crippen LogP contribution is -2.41. The number of amides is 1. The van der Waals surface area contributed by atoms with E-state index in [0.29, 0.717) is 10.0 Å². The normalized spacial score (nSPS) is 12.7. The minimum atomic E-state index is -1.10. The maximum absolute atomic E-state index is 13.6. The lowest BCUT2D eigenvalue weighted by molar-refractivity contribution is -0.120. The van der Waals surface area contributed by atoms with E-state index in [4.69, 9.17) is 4.74 Å². The summed E-state index contributed by atoms with van der Waals surface area (Å²) in [5, 5.41) is 11.4. The third-order valence-electron chi connectivity index (χ3n) is 7.08. The van der Waals surface area contributed by atoms with Crippen LogP contribution in [0.25, 0.3) is 0 Å². The summed E-state index contributed by atoms with van der Waals surface area (Å²) in [4.78, 5) is 29.8. The highest BCUT2D eigenvalue weighted by Crippen LogP contribution is 2.36. The average Bonchev–Trinajstić information content (AvgIpc) is 3.02. The predicted octanol–water partition coefficient (Wildman–Crippen LogP) is 8.13. The molecule has 1 aliphatic heterocycles. The molecule has 224 valence electrons. The zero-order valence-electron chi connectivity index (χ0n) is 23.7. The second-order valence-corrected chi connectivity index (χ2v) is 11.9. The molecule has 0 bridgehead atoms. The molecule has 4 aromatic carbocycles. The monoisotopic (exact) mass is 681 g/mol. The van der Waals surface area contributed by atoms with Crippen molar-refractivity contribution in [3.63, 3.8) is 0 Å². The number of piperidine rings is 1. The van der Waals surface area contributed by atoms with E-state index >= 15 is 0 Å². The second kappa shape index (κ2) is 15.2. The summed E-state index contributed by atoms with van der Waals surface area (Å²) < 4.78 is 5.82. The Labute approximate surface area is 270 Å². The molecule has 1 heterocycles. The molecule has 0 aliphatic carbocycles. The van der Waals surface area contributed by atoms with Gasteiger partial charge in [0, 0.05) is 27.4 Å². The number of rotatable bonds is 10. The lowest BCUT2D eigenvalue weighted by Gasteiger charge is -2.34.